The molecule has 0 radical (unpaired) electrons. The Labute approximate surface area is 105 Å². The SMILES string of the molecule is O=C(CCCP(=O)(O)O)NOCc1ccccc1. The zero-order chi connectivity index (χ0) is 13.4. The lowest BCUT2D eigenvalue weighted by molar-refractivity contribution is -0.134. The molecule has 1 rings (SSSR count). The summed E-state index contributed by atoms with van der Waals surface area (Å²) in [5.41, 5.74) is 3.15. The number of rotatable bonds is 7. The third-order valence-corrected chi connectivity index (χ3v) is 3.02. The molecule has 1 aromatic rings. The van der Waals surface area contributed by atoms with Crippen LogP contribution in [0.5, 0.6) is 0 Å². The zero-order valence-corrected chi connectivity index (χ0v) is 10.7. The molecule has 0 atom stereocenters. The van der Waals surface area contributed by atoms with Gasteiger partial charge in [0.25, 0.3) is 0 Å². The topological polar surface area (TPSA) is 95.9 Å². The normalized spacial score (nSPS) is 11.2. The fourth-order valence-electron chi connectivity index (χ4n) is 1.27. The highest BCUT2D eigenvalue weighted by Crippen LogP contribution is 2.35. The highest BCUT2D eigenvalue weighted by molar-refractivity contribution is 7.51. The minimum absolute atomic E-state index is 0.0277. The first-order valence-electron chi connectivity index (χ1n) is 5.46. The number of amides is 1. The summed E-state index contributed by atoms with van der Waals surface area (Å²) in [5.74, 6) is -0.389. The molecule has 6 nitrogen and oxygen atoms in total. The summed E-state index contributed by atoms with van der Waals surface area (Å²) < 4.78 is 10.5. The highest BCUT2D eigenvalue weighted by Gasteiger charge is 2.13. The van der Waals surface area contributed by atoms with Crippen molar-refractivity contribution in [2.24, 2.45) is 0 Å². The summed E-state index contributed by atoms with van der Waals surface area (Å²) in [7, 11) is -4.02. The number of hydroxylamine groups is 1. The number of hydrogen-bond acceptors (Lipinski definition) is 3. The molecule has 1 amide bonds. The van der Waals surface area contributed by atoms with Crippen LogP contribution in [0.15, 0.2) is 30.3 Å². The van der Waals surface area contributed by atoms with Crippen LogP contribution in [-0.2, 0) is 20.8 Å². The van der Waals surface area contributed by atoms with Gasteiger partial charge in [0.2, 0.25) is 5.91 Å². The van der Waals surface area contributed by atoms with E-state index in [0.717, 1.165) is 5.56 Å². The fraction of sp³-hybridized carbons (Fsp3) is 0.364. The Bertz CT molecular complexity index is 417. The van der Waals surface area contributed by atoms with E-state index in [4.69, 9.17) is 14.6 Å². The summed E-state index contributed by atoms with van der Waals surface area (Å²) in [5, 5.41) is 0. The van der Waals surface area contributed by atoms with Gasteiger partial charge in [-0.25, -0.2) is 5.48 Å². The standard InChI is InChI=1S/C11H16NO5P/c13-11(7-4-8-18(14,15)16)12-17-9-10-5-2-1-3-6-10/h1-3,5-6H,4,7-9H2,(H,12,13)(H2,14,15,16). The second-order valence-corrected chi connectivity index (χ2v) is 5.57. The van der Waals surface area contributed by atoms with Crippen LogP contribution in [0, 0.1) is 0 Å². The number of carbonyl (C=O) groups excluding carboxylic acids is 1. The molecule has 0 spiro atoms. The molecule has 0 saturated heterocycles. The first-order chi connectivity index (χ1) is 8.47. The molecule has 1 aromatic carbocycles. The molecular weight excluding hydrogens is 257 g/mol. The molecule has 0 heterocycles. The van der Waals surface area contributed by atoms with Gasteiger partial charge in [0.15, 0.2) is 0 Å². The Balaban J connectivity index is 2.12. The quantitative estimate of drug-likeness (QED) is 0.512. The maximum Gasteiger partial charge on any atom is 0.325 e. The first kappa shape index (κ1) is 14.9. The van der Waals surface area contributed by atoms with Gasteiger partial charge in [0.1, 0.15) is 0 Å². The second-order valence-electron chi connectivity index (χ2n) is 3.79. The van der Waals surface area contributed by atoms with Gasteiger partial charge >= 0.3 is 7.60 Å². The largest absolute Gasteiger partial charge is 0.325 e. The van der Waals surface area contributed by atoms with Crippen LogP contribution in [0.4, 0.5) is 0 Å². The third kappa shape index (κ3) is 7.19. The lowest BCUT2D eigenvalue weighted by Gasteiger charge is -2.06. The number of benzene rings is 1. The van der Waals surface area contributed by atoms with Crippen LogP contribution < -0.4 is 5.48 Å². The van der Waals surface area contributed by atoms with Gasteiger partial charge in [-0.15, -0.1) is 0 Å². The molecular formula is C11H16NO5P. The van der Waals surface area contributed by atoms with E-state index in [9.17, 15) is 9.36 Å². The number of nitrogens with one attached hydrogen (secondary N) is 1. The monoisotopic (exact) mass is 273 g/mol. The summed E-state index contributed by atoms with van der Waals surface area (Å²) in [6, 6.07) is 9.32. The molecule has 0 fully saturated rings. The minimum atomic E-state index is -4.02. The zero-order valence-electron chi connectivity index (χ0n) is 9.78. The predicted molar refractivity (Wildman–Crippen MR) is 65.5 cm³/mol. The average Bonchev–Trinajstić information content (AvgIpc) is 2.28. The summed E-state index contributed by atoms with van der Waals surface area (Å²) in [6.07, 6.45) is -0.135. The Morgan fingerprint density at radius 1 is 1.28 bits per heavy atom. The van der Waals surface area contributed by atoms with Gasteiger partial charge < -0.3 is 9.79 Å². The fourth-order valence-corrected chi connectivity index (χ4v) is 1.84. The van der Waals surface area contributed by atoms with E-state index in [-0.39, 0.29) is 31.5 Å². The predicted octanol–water partition coefficient (Wildman–Crippen LogP) is 1.19. The summed E-state index contributed by atoms with van der Waals surface area (Å²) >= 11 is 0. The van der Waals surface area contributed by atoms with Crippen molar-refractivity contribution in [2.45, 2.75) is 19.4 Å². The van der Waals surface area contributed by atoms with E-state index >= 15 is 0 Å². The van der Waals surface area contributed by atoms with E-state index in [1.165, 1.54) is 0 Å². The maximum absolute atomic E-state index is 11.2. The molecule has 7 heteroatoms. The molecule has 0 unspecified atom stereocenters. The van der Waals surface area contributed by atoms with Crippen molar-refractivity contribution in [3.8, 4) is 0 Å². The highest BCUT2D eigenvalue weighted by atomic mass is 31.2. The molecule has 0 bridgehead atoms. The second kappa shape index (κ2) is 7.28. The Hall–Kier alpha value is -1.20. The van der Waals surface area contributed by atoms with E-state index in [1.54, 1.807) is 0 Å². The summed E-state index contributed by atoms with van der Waals surface area (Å²) in [6.45, 7) is 0.255. The first-order valence-corrected chi connectivity index (χ1v) is 7.26. The van der Waals surface area contributed by atoms with Crippen molar-refractivity contribution in [3.05, 3.63) is 35.9 Å². The lowest BCUT2D eigenvalue weighted by atomic mass is 10.2. The minimum Gasteiger partial charge on any atom is -0.324 e. The van der Waals surface area contributed by atoms with E-state index < -0.39 is 7.60 Å². The van der Waals surface area contributed by atoms with Crippen molar-refractivity contribution < 1.29 is 24.0 Å². The molecule has 0 aromatic heterocycles. The molecule has 0 aliphatic heterocycles. The van der Waals surface area contributed by atoms with Gasteiger partial charge in [-0.3, -0.25) is 14.2 Å². The van der Waals surface area contributed by atoms with Crippen molar-refractivity contribution in [3.63, 3.8) is 0 Å². The van der Waals surface area contributed by atoms with Gasteiger partial charge in [-0.2, -0.15) is 0 Å². The smallest absolute Gasteiger partial charge is 0.324 e. The van der Waals surface area contributed by atoms with Gasteiger partial charge in [-0.1, -0.05) is 30.3 Å². The molecule has 3 N–H and O–H groups in total. The van der Waals surface area contributed by atoms with Crippen LogP contribution in [0.3, 0.4) is 0 Å². The molecule has 0 saturated carbocycles. The van der Waals surface area contributed by atoms with E-state index in [2.05, 4.69) is 5.48 Å². The van der Waals surface area contributed by atoms with Gasteiger partial charge in [0, 0.05) is 6.42 Å². The van der Waals surface area contributed by atoms with Crippen molar-refractivity contribution in [1.82, 2.24) is 5.48 Å². The van der Waals surface area contributed by atoms with Crippen LogP contribution in [0.25, 0.3) is 0 Å². The van der Waals surface area contributed by atoms with Gasteiger partial charge in [0.05, 0.1) is 12.8 Å². The van der Waals surface area contributed by atoms with Gasteiger partial charge in [-0.05, 0) is 12.0 Å². The Morgan fingerprint density at radius 3 is 2.56 bits per heavy atom. The number of carbonyl (C=O) groups is 1. The summed E-state index contributed by atoms with van der Waals surface area (Å²) in [4.78, 5) is 33.4. The van der Waals surface area contributed by atoms with Crippen LogP contribution in [-0.4, -0.2) is 21.9 Å². The Kier molecular flexibility index (Phi) is 6.01. The van der Waals surface area contributed by atoms with E-state index in [1.807, 2.05) is 30.3 Å². The Morgan fingerprint density at radius 2 is 1.94 bits per heavy atom. The van der Waals surface area contributed by atoms with Crippen LogP contribution in [0.1, 0.15) is 18.4 Å². The average molecular weight is 273 g/mol. The van der Waals surface area contributed by atoms with Crippen molar-refractivity contribution in [2.75, 3.05) is 6.16 Å². The molecule has 100 valence electrons. The molecule has 0 aliphatic carbocycles. The van der Waals surface area contributed by atoms with Crippen LogP contribution >= 0.6 is 7.60 Å². The maximum atomic E-state index is 11.2. The molecule has 0 aliphatic rings. The van der Waals surface area contributed by atoms with E-state index in [0.29, 0.717) is 0 Å². The number of hydrogen-bond donors (Lipinski definition) is 3. The van der Waals surface area contributed by atoms with Crippen molar-refractivity contribution in [1.29, 1.82) is 0 Å². The third-order valence-electron chi connectivity index (χ3n) is 2.12. The van der Waals surface area contributed by atoms with Crippen LogP contribution in [0.2, 0.25) is 0 Å². The lowest BCUT2D eigenvalue weighted by Crippen LogP contribution is -2.23. The van der Waals surface area contributed by atoms with Crippen molar-refractivity contribution >= 4 is 13.5 Å². The molecule has 18 heavy (non-hydrogen) atoms.